The molecule has 1 aromatic rings. The van der Waals surface area contributed by atoms with Gasteiger partial charge in [-0.1, -0.05) is 13.8 Å². The SMILES string of the molecule is CCOC(=O)N1CCC(NC(=NCCC(OCC)C(C)C)NCCc2ccco2)CC1.I. The minimum absolute atomic E-state index is 0. The lowest BCUT2D eigenvalue weighted by atomic mass is 10.0. The van der Waals surface area contributed by atoms with E-state index in [-0.39, 0.29) is 42.2 Å². The van der Waals surface area contributed by atoms with Crippen LogP contribution >= 0.6 is 24.0 Å². The van der Waals surface area contributed by atoms with E-state index in [9.17, 15) is 4.79 Å². The summed E-state index contributed by atoms with van der Waals surface area (Å²) in [4.78, 5) is 18.5. The molecule has 0 spiro atoms. The van der Waals surface area contributed by atoms with E-state index in [1.165, 1.54) is 0 Å². The molecule has 1 aliphatic heterocycles. The molecule has 0 radical (unpaired) electrons. The average molecular weight is 565 g/mol. The molecule has 0 aromatic carbocycles. The van der Waals surface area contributed by atoms with Gasteiger partial charge in [-0.3, -0.25) is 4.99 Å². The number of guanidine groups is 1. The molecule has 0 saturated carbocycles. The quantitative estimate of drug-likeness (QED) is 0.240. The molecule has 2 N–H and O–H groups in total. The summed E-state index contributed by atoms with van der Waals surface area (Å²) in [7, 11) is 0. The van der Waals surface area contributed by atoms with Gasteiger partial charge in [0.15, 0.2) is 5.96 Å². The second-order valence-electron chi connectivity index (χ2n) is 8.12. The number of likely N-dealkylation sites (tertiary alicyclic amines) is 1. The van der Waals surface area contributed by atoms with Crippen molar-refractivity contribution in [2.24, 2.45) is 10.9 Å². The minimum atomic E-state index is -0.220. The van der Waals surface area contributed by atoms with E-state index < -0.39 is 0 Å². The van der Waals surface area contributed by atoms with Crippen LogP contribution in [0.5, 0.6) is 0 Å². The van der Waals surface area contributed by atoms with Crippen molar-refractivity contribution in [3.63, 3.8) is 0 Å². The third-order valence-corrected chi connectivity index (χ3v) is 5.41. The van der Waals surface area contributed by atoms with Crippen molar-refractivity contribution in [2.45, 2.75) is 65.5 Å². The standard InChI is InChI=1S/C23H40N4O4.HI/c1-5-29-21(18(3)4)10-14-25-22(24-13-9-20-8-7-17-31-20)26-19-11-15-27(16-12-19)23(28)30-6-2;/h7-8,17-19,21H,5-6,9-16H2,1-4H3,(H2,24,25,26);1H. The van der Waals surface area contributed by atoms with E-state index in [1.807, 2.05) is 26.0 Å². The van der Waals surface area contributed by atoms with E-state index in [2.05, 4.69) is 24.5 Å². The summed E-state index contributed by atoms with van der Waals surface area (Å²) >= 11 is 0. The summed E-state index contributed by atoms with van der Waals surface area (Å²) in [6.07, 6.45) is 5.10. The molecule has 2 heterocycles. The van der Waals surface area contributed by atoms with E-state index >= 15 is 0 Å². The number of hydrogen-bond donors (Lipinski definition) is 2. The molecule has 8 nitrogen and oxygen atoms in total. The van der Waals surface area contributed by atoms with Crippen LogP contribution < -0.4 is 10.6 Å². The zero-order valence-corrected chi connectivity index (χ0v) is 22.3. The first-order valence-corrected chi connectivity index (χ1v) is 11.6. The topological polar surface area (TPSA) is 88.3 Å². The molecule has 1 aliphatic rings. The number of rotatable bonds is 11. The molecule has 1 atom stereocenters. The average Bonchev–Trinajstić information content (AvgIpc) is 3.27. The van der Waals surface area contributed by atoms with E-state index in [1.54, 1.807) is 11.2 Å². The Morgan fingerprint density at radius 2 is 2.03 bits per heavy atom. The molecule has 1 amide bonds. The van der Waals surface area contributed by atoms with Crippen molar-refractivity contribution in [3.8, 4) is 0 Å². The van der Waals surface area contributed by atoms with Crippen molar-refractivity contribution in [3.05, 3.63) is 24.2 Å². The first-order chi connectivity index (χ1) is 15.0. The van der Waals surface area contributed by atoms with Gasteiger partial charge >= 0.3 is 6.09 Å². The fourth-order valence-corrected chi connectivity index (χ4v) is 3.65. The van der Waals surface area contributed by atoms with Crippen LogP contribution in [0.25, 0.3) is 0 Å². The van der Waals surface area contributed by atoms with Gasteiger partial charge in [0.2, 0.25) is 0 Å². The van der Waals surface area contributed by atoms with Gasteiger partial charge in [0, 0.05) is 45.2 Å². The summed E-state index contributed by atoms with van der Waals surface area (Å²) in [5.41, 5.74) is 0. The lowest BCUT2D eigenvalue weighted by Crippen LogP contribution is -2.50. The lowest BCUT2D eigenvalue weighted by molar-refractivity contribution is 0.0266. The van der Waals surface area contributed by atoms with Crippen LogP contribution in [0, 0.1) is 5.92 Å². The maximum atomic E-state index is 11.9. The summed E-state index contributed by atoms with van der Waals surface area (Å²) < 4.78 is 16.4. The zero-order chi connectivity index (χ0) is 22.5. The van der Waals surface area contributed by atoms with Crippen LogP contribution in [-0.4, -0.2) is 68.5 Å². The largest absolute Gasteiger partial charge is 0.469 e. The first-order valence-electron chi connectivity index (χ1n) is 11.6. The number of carbonyl (C=O) groups excluding carboxylic acids is 1. The maximum absolute atomic E-state index is 11.9. The van der Waals surface area contributed by atoms with Crippen LogP contribution in [0.4, 0.5) is 4.79 Å². The van der Waals surface area contributed by atoms with Crippen LogP contribution in [0.3, 0.4) is 0 Å². The van der Waals surface area contributed by atoms with E-state index in [4.69, 9.17) is 18.9 Å². The summed E-state index contributed by atoms with van der Waals surface area (Å²) in [5, 5.41) is 6.98. The number of piperidine rings is 1. The fraction of sp³-hybridized carbons (Fsp3) is 0.739. The number of halogens is 1. The molecule has 0 aliphatic carbocycles. The van der Waals surface area contributed by atoms with Crippen molar-refractivity contribution in [2.75, 3.05) is 39.4 Å². The molecule has 1 unspecified atom stereocenters. The minimum Gasteiger partial charge on any atom is -0.469 e. The van der Waals surface area contributed by atoms with E-state index in [0.717, 1.165) is 50.6 Å². The number of hydrogen-bond acceptors (Lipinski definition) is 5. The summed E-state index contributed by atoms with van der Waals surface area (Å²) in [6.45, 7) is 12.2. The summed E-state index contributed by atoms with van der Waals surface area (Å²) in [5.74, 6) is 2.22. The Balaban J connectivity index is 0.00000512. The van der Waals surface area contributed by atoms with Gasteiger partial charge in [-0.15, -0.1) is 24.0 Å². The highest BCUT2D eigenvalue weighted by Crippen LogP contribution is 2.13. The zero-order valence-electron chi connectivity index (χ0n) is 20.0. The Bertz CT molecular complexity index is 646. The van der Waals surface area contributed by atoms with Gasteiger partial charge in [0.05, 0.1) is 19.0 Å². The third-order valence-electron chi connectivity index (χ3n) is 5.41. The van der Waals surface area contributed by atoms with Crippen molar-refractivity contribution >= 4 is 36.0 Å². The first kappa shape index (κ1) is 28.5. The number of carbonyl (C=O) groups is 1. The second-order valence-corrected chi connectivity index (χ2v) is 8.12. The number of furan rings is 1. The molecule has 1 fully saturated rings. The molecule has 1 aromatic heterocycles. The maximum Gasteiger partial charge on any atom is 0.409 e. The molecule has 1 saturated heterocycles. The second kappa shape index (κ2) is 16.2. The lowest BCUT2D eigenvalue weighted by Gasteiger charge is -2.32. The van der Waals surface area contributed by atoms with Gasteiger partial charge < -0.3 is 29.4 Å². The fourth-order valence-electron chi connectivity index (χ4n) is 3.65. The Morgan fingerprint density at radius 1 is 1.28 bits per heavy atom. The van der Waals surface area contributed by atoms with Gasteiger partial charge in [0.25, 0.3) is 0 Å². The molecular weight excluding hydrogens is 523 g/mol. The Morgan fingerprint density at radius 3 is 2.62 bits per heavy atom. The van der Waals surface area contributed by atoms with Crippen molar-refractivity contribution in [1.82, 2.24) is 15.5 Å². The third kappa shape index (κ3) is 10.4. The van der Waals surface area contributed by atoms with Crippen LogP contribution in [0.2, 0.25) is 0 Å². The number of ether oxygens (including phenoxy) is 2. The van der Waals surface area contributed by atoms with Gasteiger partial charge in [-0.2, -0.15) is 0 Å². The molecule has 9 heteroatoms. The summed E-state index contributed by atoms with van der Waals surface area (Å²) in [6, 6.07) is 4.15. The van der Waals surface area contributed by atoms with E-state index in [0.29, 0.717) is 32.2 Å². The normalized spacial score (nSPS) is 15.9. The number of aliphatic imine (C=N–C) groups is 1. The van der Waals surface area contributed by atoms with Crippen LogP contribution in [-0.2, 0) is 15.9 Å². The van der Waals surface area contributed by atoms with Crippen molar-refractivity contribution in [1.29, 1.82) is 0 Å². The number of nitrogens with zero attached hydrogens (tertiary/aromatic N) is 2. The predicted molar refractivity (Wildman–Crippen MR) is 138 cm³/mol. The smallest absolute Gasteiger partial charge is 0.409 e. The van der Waals surface area contributed by atoms with Gasteiger partial charge in [0.1, 0.15) is 5.76 Å². The Hall–Kier alpha value is -1.49. The number of amides is 1. The molecular formula is C23H41IN4O4. The monoisotopic (exact) mass is 564 g/mol. The molecule has 32 heavy (non-hydrogen) atoms. The highest BCUT2D eigenvalue weighted by atomic mass is 127. The van der Waals surface area contributed by atoms with Crippen LogP contribution in [0.15, 0.2) is 27.8 Å². The Labute approximate surface area is 209 Å². The van der Waals surface area contributed by atoms with Crippen molar-refractivity contribution < 1.29 is 18.7 Å². The molecule has 2 rings (SSSR count). The van der Waals surface area contributed by atoms with Gasteiger partial charge in [-0.25, -0.2) is 4.79 Å². The highest BCUT2D eigenvalue weighted by Gasteiger charge is 2.24. The van der Waals surface area contributed by atoms with Gasteiger partial charge in [-0.05, 0) is 51.2 Å². The molecule has 0 bridgehead atoms. The highest BCUT2D eigenvalue weighted by molar-refractivity contribution is 14.0. The molecule has 184 valence electrons. The number of nitrogens with one attached hydrogen (secondary N) is 2. The van der Waals surface area contributed by atoms with Crippen LogP contribution in [0.1, 0.15) is 52.7 Å². The Kier molecular flexibility index (Phi) is 14.4. The predicted octanol–water partition coefficient (Wildman–Crippen LogP) is 4.05.